The van der Waals surface area contributed by atoms with Crippen molar-refractivity contribution in [3.63, 3.8) is 0 Å². The number of nitrogens with two attached hydrogens (primary N) is 1. The van der Waals surface area contributed by atoms with Crippen LogP contribution in [0.2, 0.25) is 0 Å². The van der Waals surface area contributed by atoms with Crippen LogP contribution in [0.15, 0.2) is 0 Å². The molecule has 0 aliphatic rings. The van der Waals surface area contributed by atoms with E-state index in [0.717, 1.165) is 32.7 Å². The van der Waals surface area contributed by atoms with Gasteiger partial charge in [-0.1, -0.05) is 6.92 Å². The monoisotopic (exact) mass is 175 g/mol. The lowest BCUT2D eigenvalue weighted by atomic mass is 10.4. The summed E-state index contributed by atoms with van der Waals surface area (Å²) in [5, 5.41) is 11.9. The summed E-state index contributed by atoms with van der Waals surface area (Å²) in [7, 11) is 0. The van der Waals surface area contributed by atoms with E-state index in [9.17, 15) is 0 Å². The molecule has 4 heteroatoms. The molecule has 0 saturated heterocycles. The maximum absolute atomic E-state index is 8.69. The summed E-state index contributed by atoms with van der Waals surface area (Å²) in [6.07, 6.45) is 0. The third kappa shape index (κ3) is 6.54. The Kier molecular flexibility index (Phi) is 8.81. The molecule has 0 aliphatic heterocycles. The van der Waals surface area contributed by atoms with Crippen LogP contribution in [0.25, 0.3) is 0 Å². The van der Waals surface area contributed by atoms with Gasteiger partial charge in [0.2, 0.25) is 0 Å². The molecule has 0 atom stereocenters. The molecule has 4 nitrogen and oxygen atoms in total. The van der Waals surface area contributed by atoms with Crippen LogP contribution in [0.4, 0.5) is 0 Å². The van der Waals surface area contributed by atoms with Gasteiger partial charge in [0.15, 0.2) is 0 Å². The highest BCUT2D eigenvalue weighted by atomic mass is 16.3. The summed E-state index contributed by atoms with van der Waals surface area (Å²) in [5.41, 5.74) is 5.32. The van der Waals surface area contributed by atoms with Gasteiger partial charge >= 0.3 is 0 Å². The van der Waals surface area contributed by atoms with E-state index in [0.29, 0.717) is 6.54 Å². The van der Waals surface area contributed by atoms with Gasteiger partial charge < -0.3 is 21.1 Å². The van der Waals surface area contributed by atoms with Crippen LogP contribution in [0, 0.1) is 0 Å². The minimum Gasteiger partial charge on any atom is -0.395 e. The van der Waals surface area contributed by atoms with Crippen molar-refractivity contribution in [3.8, 4) is 0 Å². The molecule has 0 aromatic carbocycles. The lowest BCUT2D eigenvalue weighted by Crippen LogP contribution is -2.35. The zero-order valence-electron chi connectivity index (χ0n) is 7.92. The molecular formula is C8H21N3O. The van der Waals surface area contributed by atoms with Crippen LogP contribution in [-0.2, 0) is 0 Å². The fourth-order valence-corrected chi connectivity index (χ4v) is 1.03. The topological polar surface area (TPSA) is 61.5 Å². The van der Waals surface area contributed by atoms with Crippen molar-refractivity contribution in [3.05, 3.63) is 0 Å². The predicted molar refractivity (Wildman–Crippen MR) is 51.1 cm³/mol. The Balaban J connectivity index is 3.19. The summed E-state index contributed by atoms with van der Waals surface area (Å²) in [6, 6.07) is 0. The molecule has 12 heavy (non-hydrogen) atoms. The van der Waals surface area contributed by atoms with E-state index < -0.39 is 0 Å². The van der Waals surface area contributed by atoms with Crippen molar-refractivity contribution < 1.29 is 5.11 Å². The first-order valence-corrected chi connectivity index (χ1v) is 4.59. The molecular weight excluding hydrogens is 154 g/mol. The van der Waals surface area contributed by atoms with Gasteiger partial charge in [-0.3, -0.25) is 0 Å². The summed E-state index contributed by atoms with van der Waals surface area (Å²) in [4.78, 5) is 2.20. The largest absolute Gasteiger partial charge is 0.395 e. The van der Waals surface area contributed by atoms with E-state index in [1.807, 2.05) is 0 Å². The van der Waals surface area contributed by atoms with Crippen molar-refractivity contribution in [2.45, 2.75) is 6.92 Å². The molecule has 0 spiro atoms. The van der Waals surface area contributed by atoms with Crippen LogP contribution < -0.4 is 11.1 Å². The maximum atomic E-state index is 8.69. The average molecular weight is 175 g/mol. The Morgan fingerprint density at radius 3 is 2.58 bits per heavy atom. The van der Waals surface area contributed by atoms with Crippen molar-refractivity contribution in [1.29, 1.82) is 0 Å². The maximum Gasteiger partial charge on any atom is 0.0558 e. The van der Waals surface area contributed by atoms with E-state index >= 15 is 0 Å². The Morgan fingerprint density at radius 1 is 1.33 bits per heavy atom. The Hall–Kier alpha value is -0.160. The van der Waals surface area contributed by atoms with Crippen LogP contribution in [0.3, 0.4) is 0 Å². The lowest BCUT2D eigenvalue weighted by Gasteiger charge is -2.18. The molecule has 0 unspecified atom stereocenters. The Morgan fingerprint density at radius 2 is 2.08 bits per heavy atom. The minimum atomic E-state index is 0.241. The molecule has 0 saturated carbocycles. The van der Waals surface area contributed by atoms with Gasteiger partial charge in [-0.15, -0.1) is 0 Å². The van der Waals surface area contributed by atoms with Gasteiger partial charge in [0.05, 0.1) is 6.61 Å². The van der Waals surface area contributed by atoms with Gasteiger partial charge in [0, 0.05) is 32.7 Å². The average Bonchev–Trinajstić information content (AvgIpc) is 2.10. The third-order valence-corrected chi connectivity index (χ3v) is 1.79. The fraction of sp³-hybridized carbons (Fsp3) is 1.00. The molecule has 0 radical (unpaired) electrons. The van der Waals surface area contributed by atoms with Crippen molar-refractivity contribution in [2.75, 3.05) is 45.9 Å². The van der Waals surface area contributed by atoms with Gasteiger partial charge in [-0.25, -0.2) is 0 Å². The van der Waals surface area contributed by atoms with E-state index in [-0.39, 0.29) is 6.61 Å². The van der Waals surface area contributed by atoms with Gasteiger partial charge in [-0.05, 0) is 6.54 Å². The Labute approximate surface area is 74.7 Å². The lowest BCUT2D eigenvalue weighted by molar-refractivity contribution is 0.202. The second-order valence-electron chi connectivity index (χ2n) is 2.70. The molecule has 0 bridgehead atoms. The summed E-state index contributed by atoms with van der Waals surface area (Å²) in [5.74, 6) is 0. The second kappa shape index (κ2) is 8.93. The highest BCUT2D eigenvalue weighted by Crippen LogP contribution is 1.83. The van der Waals surface area contributed by atoms with Gasteiger partial charge in [-0.2, -0.15) is 0 Å². The molecule has 74 valence electrons. The number of aliphatic hydroxyl groups excluding tert-OH is 1. The smallest absolute Gasteiger partial charge is 0.0558 e. The van der Waals surface area contributed by atoms with Crippen LogP contribution >= 0.6 is 0 Å². The summed E-state index contributed by atoms with van der Waals surface area (Å²) >= 11 is 0. The number of nitrogens with one attached hydrogen (secondary N) is 1. The first kappa shape index (κ1) is 11.8. The molecule has 0 fully saturated rings. The highest BCUT2D eigenvalue weighted by Gasteiger charge is 1.98. The third-order valence-electron chi connectivity index (χ3n) is 1.79. The molecule has 0 aromatic rings. The predicted octanol–water partition coefficient (Wildman–Crippen LogP) is -1.15. The van der Waals surface area contributed by atoms with E-state index in [4.69, 9.17) is 10.8 Å². The van der Waals surface area contributed by atoms with Crippen LogP contribution in [0.5, 0.6) is 0 Å². The normalized spacial score (nSPS) is 11.0. The minimum absolute atomic E-state index is 0.241. The van der Waals surface area contributed by atoms with Gasteiger partial charge in [0.1, 0.15) is 0 Å². The number of aliphatic hydroxyl groups is 1. The molecule has 0 aromatic heterocycles. The molecule has 0 amide bonds. The first-order chi connectivity index (χ1) is 5.85. The van der Waals surface area contributed by atoms with Crippen molar-refractivity contribution >= 4 is 0 Å². The summed E-state index contributed by atoms with van der Waals surface area (Å²) < 4.78 is 0. The highest BCUT2D eigenvalue weighted by molar-refractivity contribution is 4.57. The van der Waals surface area contributed by atoms with E-state index in [1.54, 1.807) is 0 Å². The second-order valence-corrected chi connectivity index (χ2v) is 2.70. The van der Waals surface area contributed by atoms with Crippen molar-refractivity contribution in [1.82, 2.24) is 10.2 Å². The number of hydrogen-bond acceptors (Lipinski definition) is 4. The zero-order valence-corrected chi connectivity index (χ0v) is 7.92. The Bertz CT molecular complexity index is 90.4. The summed E-state index contributed by atoms with van der Waals surface area (Å²) in [6.45, 7) is 7.58. The zero-order chi connectivity index (χ0) is 9.23. The van der Waals surface area contributed by atoms with E-state index in [2.05, 4.69) is 17.1 Å². The van der Waals surface area contributed by atoms with Crippen LogP contribution in [0.1, 0.15) is 6.92 Å². The molecule has 0 heterocycles. The number of likely N-dealkylation sites (N-methyl/N-ethyl adjacent to an activating group) is 1. The standard InChI is InChI=1S/C8H21N3O/c1-2-11(7-8-12)6-5-10-4-3-9/h10,12H,2-9H2,1H3. The van der Waals surface area contributed by atoms with Gasteiger partial charge in [0.25, 0.3) is 0 Å². The molecule has 0 aliphatic carbocycles. The molecule has 4 N–H and O–H groups in total. The first-order valence-electron chi connectivity index (χ1n) is 4.59. The number of hydrogen-bond donors (Lipinski definition) is 3. The fourth-order valence-electron chi connectivity index (χ4n) is 1.03. The quantitative estimate of drug-likeness (QED) is 0.408. The van der Waals surface area contributed by atoms with E-state index in [1.165, 1.54) is 0 Å². The van der Waals surface area contributed by atoms with Crippen molar-refractivity contribution in [2.24, 2.45) is 5.73 Å². The SMILES string of the molecule is CCN(CCO)CCNCCN. The van der Waals surface area contributed by atoms with Crippen LogP contribution in [-0.4, -0.2) is 55.9 Å². The number of nitrogens with zero attached hydrogens (tertiary/aromatic N) is 1. The number of rotatable bonds is 8. The molecule has 0 rings (SSSR count).